The van der Waals surface area contributed by atoms with E-state index in [1.165, 1.54) is 12.1 Å². The third kappa shape index (κ3) is 4.18. The average Bonchev–Trinajstić information content (AvgIpc) is 2.64. The Hall–Kier alpha value is -1.97. The summed E-state index contributed by atoms with van der Waals surface area (Å²) in [5.74, 6) is -6.15. The van der Waals surface area contributed by atoms with E-state index in [0.717, 1.165) is 0 Å². The van der Waals surface area contributed by atoms with Crippen molar-refractivity contribution in [2.75, 3.05) is 0 Å². The van der Waals surface area contributed by atoms with Crippen LogP contribution in [-0.2, 0) is 14.3 Å². The van der Waals surface area contributed by atoms with Gasteiger partial charge in [0.15, 0.2) is 0 Å². The van der Waals surface area contributed by atoms with E-state index < -0.39 is 52.6 Å². The van der Waals surface area contributed by atoms with Crippen LogP contribution in [0.15, 0.2) is 30.3 Å². The molecule has 1 aromatic carbocycles. The van der Waals surface area contributed by atoms with Crippen molar-refractivity contribution >= 4 is 23.5 Å². The Balaban J connectivity index is 1.79. The SMILES string of the molecule is O=C(N[C@@H](c1ccccc1)[C@@H]1C2CC3C[C@@](Cl)(C2)C[C@]1(OC(=O)C(F)(F)F)C3)C(F)(F)F. The number of benzene rings is 1. The molecule has 176 valence electrons. The van der Waals surface area contributed by atoms with Crippen molar-refractivity contribution in [1.29, 1.82) is 0 Å². The molecule has 0 saturated heterocycles. The van der Waals surface area contributed by atoms with E-state index in [1.54, 1.807) is 18.2 Å². The number of hydrogen-bond donors (Lipinski definition) is 1. The lowest BCUT2D eigenvalue weighted by Crippen LogP contribution is -2.67. The zero-order valence-electron chi connectivity index (χ0n) is 16.6. The van der Waals surface area contributed by atoms with E-state index in [4.69, 9.17) is 16.3 Å². The molecule has 4 nitrogen and oxygen atoms in total. The molecule has 4 bridgehead atoms. The van der Waals surface area contributed by atoms with Crippen molar-refractivity contribution in [3.63, 3.8) is 0 Å². The quantitative estimate of drug-likeness (QED) is 0.370. The Morgan fingerprint density at radius 2 is 1.69 bits per heavy atom. The molecule has 0 aromatic heterocycles. The Bertz CT molecular complexity index is 907. The van der Waals surface area contributed by atoms with Crippen LogP contribution in [0.3, 0.4) is 0 Å². The van der Waals surface area contributed by atoms with E-state index in [-0.39, 0.29) is 24.3 Å². The summed E-state index contributed by atoms with van der Waals surface area (Å²) >= 11 is 6.67. The van der Waals surface area contributed by atoms with E-state index in [0.29, 0.717) is 19.3 Å². The van der Waals surface area contributed by atoms with E-state index in [9.17, 15) is 35.9 Å². The number of halogens is 7. The van der Waals surface area contributed by atoms with E-state index in [2.05, 4.69) is 0 Å². The van der Waals surface area contributed by atoms with Crippen LogP contribution in [0.2, 0.25) is 0 Å². The van der Waals surface area contributed by atoms with Crippen LogP contribution in [0.5, 0.6) is 0 Å². The second kappa shape index (κ2) is 7.53. The fourth-order valence-corrected chi connectivity index (χ4v) is 6.89. The average molecular weight is 484 g/mol. The highest BCUT2D eigenvalue weighted by Gasteiger charge is 2.67. The fraction of sp³-hybridized carbons (Fsp3) is 0.619. The number of carbonyl (C=O) groups is 2. The summed E-state index contributed by atoms with van der Waals surface area (Å²) in [4.78, 5) is 22.9. The molecule has 1 N–H and O–H groups in total. The highest BCUT2D eigenvalue weighted by molar-refractivity contribution is 6.24. The Morgan fingerprint density at radius 1 is 1.03 bits per heavy atom. The number of ether oxygens (including phenoxy) is 1. The maximum atomic E-state index is 13.1. The predicted molar refractivity (Wildman–Crippen MR) is 100 cm³/mol. The van der Waals surface area contributed by atoms with Gasteiger partial charge in [0.25, 0.3) is 0 Å². The molecule has 4 saturated carbocycles. The van der Waals surface area contributed by atoms with Crippen LogP contribution in [0.4, 0.5) is 26.3 Å². The largest absolute Gasteiger partial charge is 0.490 e. The number of amides is 1. The van der Waals surface area contributed by atoms with Gasteiger partial charge in [0.2, 0.25) is 0 Å². The highest BCUT2D eigenvalue weighted by atomic mass is 35.5. The molecule has 4 aliphatic rings. The number of carbonyl (C=O) groups excluding carboxylic acids is 2. The molecule has 2 unspecified atom stereocenters. The summed E-state index contributed by atoms with van der Waals surface area (Å²) in [5.41, 5.74) is -1.45. The smallest absolute Gasteiger partial charge is 0.452 e. The summed E-state index contributed by atoms with van der Waals surface area (Å²) in [5, 5.41) is 1.97. The first-order chi connectivity index (χ1) is 14.7. The molecule has 0 aliphatic heterocycles. The zero-order valence-corrected chi connectivity index (χ0v) is 17.4. The predicted octanol–water partition coefficient (Wildman–Crippen LogP) is 5.07. The van der Waals surface area contributed by atoms with Crippen molar-refractivity contribution in [2.45, 2.75) is 61.0 Å². The standard InChI is InChI=1S/C21H20ClF6NO3/c22-18-7-11-6-13(9-18)14(19(8-11,10-18)32-17(31)21(26,27)28)15(12-4-2-1-3-5-12)29-16(30)20(23,24)25/h1-5,11,13-15H,6-10H2,(H,29,30)/t11?,13?,14-,15-,18+,19+/m0/s1. The van der Waals surface area contributed by atoms with Crippen LogP contribution >= 0.6 is 11.6 Å². The number of hydrogen-bond acceptors (Lipinski definition) is 3. The molecule has 4 fully saturated rings. The first-order valence-corrected chi connectivity index (χ1v) is 10.5. The van der Waals surface area contributed by atoms with Gasteiger partial charge in [-0.15, -0.1) is 11.6 Å². The lowest BCUT2D eigenvalue weighted by Gasteiger charge is -2.64. The van der Waals surface area contributed by atoms with E-state index >= 15 is 0 Å². The van der Waals surface area contributed by atoms with Crippen LogP contribution < -0.4 is 5.32 Å². The topological polar surface area (TPSA) is 55.4 Å². The first kappa shape index (κ1) is 23.2. The minimum absolute atomic E-state index is 0.0513. The molecule has 5 rings (SSSR count). The molecule has 0 spiro atoms. The Kier molecular flexibility index (Phi) is 5.46. The Labute approximate surface area is 184 Å². The number of nitrogens with one attached hydrogen (secondary N) is 1. The summed E-state index contributed by atoms with van der Waals surface area (Å²) in [6, 6.07) is 6.39. The summed E-state index contributed by atoms with van der Waals surface area (Å²) in [7, 11) is 0. The lowest BCUT2D eigenvalue weighted by molar-refractivity contribution is -0.245. The fourth-order valence-electron chi connectivity index (χ4n) is 6.25. The molecular weight excluding hydrogens is 464 g/mol. The molecule has 11 heteroatoms. The van der Waals surface area contributed by atoms with Crippen LogP contribution in [0.1, 0.15) is 43.7 Å². The molecule has 4 aliphatic carbocycles. The van der Waals surface area contributed by atoms with Crippen molar-refractivity contribution in [2.24, 2.45) is 17.8 Å². The van der Waals surface area contributed by atoms with Crippen molar-refractivity contribution in [3.05, 3.63) is 35.9 Å². The summed E-state index contributed by atoms with van der Waals surface area (Å²) in [6.07, 6.45) is -9.12. The third-order valence-corrected chi connectivity index (χ3v) is 7.32. The van der Waals surface area contributed by atoms with Gasteiger partial charge in [-0.3, -0.25) is 4.79 Å². The molecule has 6 atom stereocenters. The zero-order chi connectivity index (χ0) is 23.5. The number of esters is 1. The second-order valence-corrected chi connectivity index (χ2v) is 9.94. The monoisotopic (exact) mass is 483 g/mol. The molecule has 1 amide bonds. The van der Waals surface area contributed by atoms with E-state index in [1.807, 2.05) is 5.32 Å². The molecule has 1 aromatic rings. The van der Waals surface area contributed by atoms with Crippen LogP contribution in [0, 0.1) is 17.8 Å². The first-order valence-electron chi connectivity index (χ1n) is 10.1. The van der Waals surface area contributed by atoms with Gasteiger partial charge in [0.1, 0.15) is 5.60 Å². The minimum Gasteiger partial charge on any atom is -0.452 e. The summed E-state index contributed by atoms with van der Waals surface area (Å²) in [6.45, 7) is 0. The molecule has 0 radical (unpaired) electrons. The third-order valence-electron chi connectivity index (χ3n) is 6.87. The van der Waals surface area contributed by atoms with Crippen molar-refractivity contribution in [1.82, 2.24) is 5.32 Å². The van der Waals surface area contributed by atoms with Gasteiger partial charge in [-0.2, -0.15) is 26.3 Å². The Morgan fingerprint density at radius 3 is 2.25 bits per heavy atom. The number of alkyl halides is 7. The minimum atomic E-state index is -5.27. The van der Waals surface area contributed by atoms with Gasteiger partial charge < -0.3 is 10.1 Å². The van der Waals surface area contributed by atoms with Gasteiger partial charge in [-0.05, 0) is 43.1 Å². The van der Waals surface area contributed by atoms with Crippen LogP contribution in [-0.4, -0.2) is 34.7 Å². The number of rotatable bonds is 4. The molecule has 0 heterocycles. The van der Waals surface area contributed by atoms with Gasteiger partial charge in [-0.1, -0.05) is 30.3 Å². The molecule has 32 heavy (non-hydrogen) atoms. The van der Waals surface area contributed by atoms with Gasteiger partial charge in [0.05, 0.1) is 6.04 Å². The normalized spacial score (nSPS) is 34.8. The van der Waals surface area contributed by atoms with Crippen molar-refractivity contribution in [3.8, 4) is 0 Å². The maximum Gasteiger partial charge on any atom is 0.490 e. The maximum absolute atomic E-state index is 13.1. The lowest BCUT2D eigenvalue weighted by atomic mass is 9.47. The second-order valence-electron chi connectivity index (χ2n) is 9.14. The molecular formula is C21H20ClF6NO3. The van der Waals surface area contributed by atoms with Gasteiger partial charge in [-0.25, -0.2) is 4.79 Å². The van der Waals surface area contributed by atoms with Gasteiger partial charge >= 0.3 is 24.2 Å². The van der Waals surface area contributed by atoms with Gasteiger partial charge in [0, 0.05) is 17.2 Å². The van der Waals surface area contributed by atoms with Crippen LogP contribution in [0.25, 0.3) is 0 Å². The summed E-state index contributed by atoms with van der Waals surface area (Å²) < 4.78 is 83.8. The highest BCUT2D eigenvalue weighted by Crippen LogP contribution is 2.66. The van der Waals surface area contributed by atoms with Crippen molar-refractivity contribution < 1.29 is 40.7 Å².